The van der Waals surface area contributed by atoms with Gasteiger partial charge in [0.05, 0.1) is 5.69 Å². The topological polar surface area (TPSA) is 83.5 Å². The monoisotopic (exact) mass is 436 g/mol. The molecule has 11 heteroatoms. The Kier molecular flexibility index (Phi) is 5.94. The maximum absolute atomic E-state index is 13.4. The molecule has 8 nitrogen and oxygen atoms in total. The number of alkyl halides is 3. The van der Waals surface area contributed by atoms with Crippen LogP contribution in [0, 0.1) is 0 Å². The first-order valence-electron chi connectivity index (χ1n) is 10.1. The van der Waals surface area contributed by atoms with Crippen LogP contribution >= 0.6 is 0 Å². The fourth-order valence-electron chi connectivity index (χ4n) is 3.43. The molecule has 2 aliphatic rings. The van der Waals surface area contributed by atoms with Crippen LogP contribution < -0.4 is 15.0 Å². The number of carbonyl (C=O) groups is 1. The van der Waals surface area contributed by atoms with Crippen LogP contribution in [0.2, 0.25) is 0 Å². The molecule has 1 unspecified atom stereocenters. The second-order valence-electron chi connectivity index (χ2n) is 7.57. The van der Waals surface area contributed by atoms with Crippen LogP contribution in [0.15, 0.2) is 24.4 Å². The second-order valence-corrected chi connectivity index (χ2v) is 7.57. The maximum Gasteiger partial charge on any atom is 0.433 e. The van der Waals surface area contributed by atoms with Crippen molar-refractivity contribution in [3.63, 3.8) is 0 Å². The number of hydrogen-bond donors (Lipinski definition) is 1. The van der Waals surface area contributed by atoms with Crippen LogP contribution in [0.3, 0.4) is 0 Å². The van der Waals surface area contributed by atoms with Crippen molar-refractivity contribution in [2.45, 2.75) is 25.6 Å². The SMILES string of the molecule is CC1CCN1c1nc(-c2ccc(OCC(=O)N3CCNCC3)nc2)cc(C(F)(F)F)n1. The third-order valence-electron chi connectivity index (χ3n) is 5.43. The number of amides is 1. The first-order valence-corrected chi connectivity index (χ1v) is 10.1. The number of nitrogens with one attached hydrogen (secondary N) is 1. The lowest BCUT2D eigenvalue weighted by Crippen LogP contribution is -2.47. The van der Waals surface area contributed by atoms with Gasteiger partial charge in [-0.15, -0.1) is 0 Å². The molecule has 0 aliphatic carbocycles. The molecule has 31 heavy (non-hydrogen) atoms. The number of anilines is 1. The first kappa shape index (κ1) is 21.3. The quantitative estimate of drug-likeness (QED) is 0.767. The third-order valence-corrected chi connectivity index (χ3v) is 5.43. The van der Waals surface area contributed by atoms with E-state index in [0.717, 1.165) is 25.6 Å². The zero-order valence-corrected chi connectivity index (χ0v) is 17.0. The summed E-state index contributed by atoms with van der Waals surface area (Å²) in [6.07, 6.45) is -2.31. The lowest BCUT2D eigenvalue weighted by molar-refractivity contribution is -0.141. The average Bonchev–Trinajstić information content (AvgIpc) is 2.76. The number of nitrogens with zero attached hydrogens (tertiary/aromatic N) is 5. The van der Waals surface area contributed by atoms with Gasteiger partial charge in [0.25, 0.3) is 5.91 Å². The highest BCUT2D eigenvalue weighted by Gasteiger charge is 2.36. The molecule has 1 amide bonds. The molecule has 0 aromatic carbocycles. The summed E-state index contributed by atoms with van der Waals surface area (Å²) in [5.41, 5.74) is -0.455. The molecule has 2 aromatic rings. The lowest BCUT2D eigenvalue weighted by Gasteiger charge is -2.38. The van der Waals surface area contributed by atoms with E-state index in [9.17, 15) is 18.0 Å². The molecule has 0 spiro atoms. The number of hydrogen-bond acceptors (Lipinski definition) is 7. The van der Waals surface area contributed by atoms with E-state index >= 15 is 0 Å². The van der Waals surface area contributed by atoms with Crippen molar-refractivity contribution in [3.05, 3.63) is 30.1 Å². The number of rotatable bonds is 5. The fourth-order valence-corrected chi connectivity index (χ4v) is 3.43. The fraction of sp³-hybridized carbons (Fsp3) is 0.500. The zero-order chi connectivity index (χ0) is 22.0. The van der Waals surface area contributed by atoms with Crippen molar-refractivity contribution in [2.75, 3.05) is 44.2 Å². The molecule has 166 valence electrons. The predicted octanol–water partition coefficient (Wildman–Crippen LogP) is 1.97. The van der Waals surface area contributed by atoms with E-state index in [-0.39, 0.29) is 36.1 Å². The van der Waals surface area contributed by atoms with E-state index < -0.39 is 11.9 Å². The van der Waals surface area contributed by atoms with Crippen molar-refractivity contribution in [2.24, 2.45) is 0 Å². The Morgan fingerprint density at radius 3 is 2.58 bits per heavy atom. The maximum atomic E-state index is 13.4. The van der Waals surface area contributed by atoms with Crippen LogP contribution in [0.25, 0.3) is 11.3 Å². The van der Waals surface area contributed by atoms with E-state index in [1.165, 1.54) is 12.3 Å². The van der Waals surface area contributed by atoms with Gasteiger partial charge in [0.15, 0.2) is 12.3 Å². The molecule has 2 aliphatic heterocycles. The minimum Gasteiger partial charge on any atom is -0.468 e. The van der Waals surface area contributed by atoms with Gasteiger partial charge in [-0.2, -0.15) is 13.2 Å². The van der Waals surface area contributed by atoms with Gasteiger partial charge in [-0.05, 0) is 25.5 Å². The minimum absolute atomic E-state index is 0.0607. The predicted molar refractivity (Wildman–Crippen MR) is 107 cm³/mol. The smallest absolute Gasteiger partial charge is 0.433 e. The number of piperazine rings is 1. The molecule has 2 aromatic heterocycles. The average molecular weight is 436 g/mol. The molecular formula is C20H23F3N6O2. The van der Waals surface area contributed by atoms with Gasteiger partial charge in [-0.3, -0.25) is 4.79 Å². The Balaban J connectivity index is 1.49. The van der Waals surface area contributed by atoms with Gasteiger partial charge in [-0.1, -0.05) is 0 Å². The van der Waals surface area contributed by atoms with E-state index in [2.05, 4.69) is 20.3 Å². The lowest BCUT2D eigenvalue weighted by atomic mass is 10.1. The highest BCUT2D eigenvalue weighted by molar-refractivity contribution is 5.77. The van der Waals surface area contributed by atoms with Crippen molar-refractivity contribution >= 4 is 11.9 Å². The van der Waals surface area contributed by atoms with Gasteiger partial charge in [0.1, 0.15) is 0 Å². The molecular weight excluding hydrogens is 413 g/mol. The summed E-state index contributed by atoms with van der Waals surface area (Å²) in [5, 5.41) is 3.17. The van der Waals surface area contributed by atoms with Gasteiger partial charge in [-0.25, -0.2) is 15.0 Å². The highest BCUT2D eigenvalue weighted by Crippen LogP contribution is 2.33. The number of ether oxygens (including phenoxy) is 1. The molecule has 4 heterocycles. The van der Waals surface area contributed by atoms with E-state index in [1.54, 1.807) is 15.9 Å². The van der Waals surface area contributed by atoms with Gasteiger partial charge < -0.3 is 19.9 Å². The van der Waals surface area contributed by atoms with Gasteiger partial charge in [0.2, 0.25) is 11.8 Å². The van der Waals surface area contributed by atoms with Crippen molar-refractivity contribution in [1.29, 1.82) is 0 Å². The summed E-state index contributed by atoms with van der Waals surface area (Å²) in [5.74, 6) is 0.144. The highest BCUT2D eigenvalue weighted by atomic mass is 19.4. The van der Waals surface area contributed by atoms with Crippen LogP contribution in [0.1, 0.15) is 19.0 Å². The Bertz CT molecular complexity index is 932. The summed E-state index contributed by atoms with van der Waals surface area (Å²) in [6, 6.07) is 4.10. The molecule has 0 radical (unpaired) electrons. The summed E-state index contributed by atoms with van der Waals surface area (Å²) in [6.45, 7) is 5.14. The summed E-state index contributed by atoms with van der Waals surface area (Å²) in [7, 11) is 0. The number of aromatic nitrogens is 3. The number of pyridine rings is 1. The van der Waals surface area contributed by atoms with E-state index in [1.807, 2.05) is 6.92 Å². The molecule has 0 bridgehead atoms. The van der Waals surface area contributed by atoms with Gasteiger partial charge >= 0.3 is 6.18 Å². The first-order chi connectivity index (χ1) is 14.8. The summed E-state index contributed by atoms with van der Waals surface area (Å²) >= 11 is 0. The molecule has 0 saturated carbocycles. The molecule has 1 N–H and O–H groups in total. The van der Waals surface area contributed by atoms with Gasteiger partial charge in [0, 0.05) is 56.6 Å². The van der Waals surface area contributed by atoms with Crippen LogP contribution in [-0.2, 0) is 11.0 Å². The molecule has 2 saturated heterocycles. The van der Waals surface area contributed by atoms with Crippen LogP contribution in [0.4, 0.5) is 19.1 Å². The summed E-state index contributed by atoms with van der Waals surface area (Å²) in [4.78, 5) is 27.8. The standard InChI is InChI=1S/C20H23F3N6O2/c1-13-4-7-29(13)19-26-15(10-16(27-19)20(21,22)23)14-2-3-17(25-11-14)31-12-18(30)28-8-5-24-6-9-28/h2-3,10-11,13,24H,4-9,12H2,1H3. The Morgan fingerprint density at radius 1 is 1.23 bits per heavy atom. The Morgan fingerprint density at radius 2 is 2.00 bits per heavy atom. The minimum atomic E-state index is -4.58. The Labute approximate surface area is 177 Å². The third kappa shape index (κ3) is 4.87. The number of halogens is 3. The second kappa shape index (κ2) is 8.66. The Hall–Kier alpha value is -2.95. The molecule has 4 rings (SSSR count). The van der Waals surface area contributed by atoms with Crippen LogP contribution in [-0.4, -0.2) is 71.1 Å². The van der Waals surface area contributed by atoms with Crippen molar-refractivity contribution in [3.8, 4) is 17.1 Å². The number of carbonyl (C=O) groups excluding carboxylic acids is 1. The van der Waals surface area contributed by atoms with Crippen LogP contribution in [0.5, 0.6) is 5.88 Å². The van der Waals surface area contributed by atoms with E-state index in [4.69, 9.17) is 4.74 Å². The van der Waals surface area contributed by atoms with Crippen molar-refractivity contribution < 1.29 is 22.7 Å². The molecule has 2 fully saturated rings. The molecule has 1 atom stereocenters. The normalized spacial score (nSPS) is 19.2. The largest absolute Gasteiger partial charge is 0.468 e. The zero-order valence-electron chi connectivity index (χ0n) is 17.0. The van der Waals surface area contributed by atoms with Crippen molar-refractivity contribution in [1.82, 2.24) is 25.2 Å². The summed E-state index contributed by atoms with van der Waals surface area (Å²) < 4.78 is 45.5. The van der Waals surface area contributed by atoms with E-state index in [0.29, 0.717) is 25.2 Å².